The summed E-state index contributed by atoms with van der Waals surface area (Å²) in [6.45, 7) is 7.98. The van der Waals surface area contributed by atoms with Gasteiger partial charge in [0.25, 0.3) is 0 Å². The molecule has 5 heteroatoms. The van der Waals surface area contributed by atoms with Crippen LogP contribution in [0.3, 0.4) is 0 Å². The van der Waals surface area contributed by atoms with Crippen LogP contribution in [0.25, 0.3) is 0 Å². The van der Waals surface area contributed by atoms with E-state index < -0.39 is 0 Å². The Balaban J connectivity index is 1.25. The second kappa shape index (κ2) is 10.3. The molecule has 1 atom stereocenters. The average Bonchev–Trinajstić information content (AvgIpc) is 2.79. The van der Waals surface area contributed by atoms with Gasteiger partial charge in [-0.05, 0) is 44.8 Å². The van der Waals surface area contributed by atoms with Crippen molar-refractivity contribution in [3.63, 3.8) is 0 Å². The van der Waals surface area contributed by atoms with Crippen LogP contribution in [0.15, 0.2) is 30.3 Å². The third-order valence-corrected chi connectivity index (χ3v) is 7.71. The van der Waals surface area contributed by atoms with Gasteiger partial charge in [0.1, 0.15) is 0 Å². The molecule has 4 rings (SSSR count). The minimum atomic E-state index is 0.126. The maximum absolute atomic E-state index is 12.8. The monoisotopic (exact) mass is 412 g/mol. The minimum Gasteiger partial charge on any atom is -0.354 e. The molecular formula is C25H40N4O. The Morgan fingerprint density at radius 3 is 2.43 bits per heavy atom. The molecule has 1 N–H and O–H groups in total. The highest BCUT2D eigenvalue weighted by Crippen LogP contribution is 2.38. The van der Waals surface area contributed by atoms with Crippen molar-refractivity contribution in [2.45, 2.75) is 56.4 Å². The molecule has 2 aliphatic heterocycles. The Kier molecular flexibility index (Phi) is 7.45. The van der Waals surface area contributed by atoms with Crippen molar-refractivity contribution < 1.29 is 4.79 Å². The van der Waals surface area contributed by atoms with Crippen molar-refractivity contribution in [1.82, 2.24) is 20.0 Å². The van der Waals surface area contributed by atoms with E-state index in [1.165, 1.54) is 63.6 Å². The van der Waals surface area contributed by atoms with Gasteiger partial charge in [0, 0.05) is 50.7 Å². The number of rotatable bonds is 6. The Bertz CT molecular complexity index is 665. The van der Waals surface area contributed by atoms with Crippen LogP contribution in [0.1, 0.15) is 50.5 Å². The molecule has 166 valence electrons. The summed E-state index contributed by atoms with van der Waals surface area (Å²) in [6.07, 6.45) is 8.87. The zero-order chi connectivity index (χ0) is 20.8. The van der Waals surface area contributed by atoms with Gasteiger partial charge in [-0.1, -0.05) is 49.6 Å². The topological polar surface area (TPSA) is 38.8 Å². The number of piperidine rings is 1. The van der Waals surface area contributed by atoms with Crippen LogP contribution < -0.4 is 5.32 Å². The Morgan fingerprint density at radius 1 is 1.00 bits per heavy atom. The molecule has 1 unspecified atom stereocenters. The average molecular weight is 413 g/mol. The van der Waals surface area contributed by atoms with Gasteiger partial charge in [0.15, 0.2) is 0 Å². The van der Waals surface area contributed by atoms with Crippen LogP contribution in [0.4, 0.5) is 0 Å². The SMILES string of the molecule is CN1CCCC(N2CCN(CC(=O)NCC3(c4ccccc4)CCCCC3)CC2)C1. The zero-order valence-electron chi connectivity index (χ0n) is 18.8. The number of piperazine rings is 1. The summed E-state index contributed by atoms with van der Waals surface area (Å²) in [5.74, 6) is 0.196. The fraction of sp³-hybridized carbons (Fsp3) is 0.720. The van der Waals surface area contributed by atoms with Gasteiger partial charge in [-0.25, -0.2) is 0 Å². The number of likely N-dealkylation sites (tertiary alicyclic amines) is 1. The van der Waals surface area contributed by atoms with Crippen LogP contribution in [0.2, 0.25) is 0 Å². The van der Waals surface area contributed by atoms with Gasteiger partial charge in [0.2, 0.25) is 5.91 Å². The highest BCUT2D eigenvalue weighted by atomic mass is 16.2. The number of likely N-dealkylation sites (N-methyl/N-ethyl adjacent to an activating group) is 1. The Morgan fingerprint density at radius 2 is 1.73 bits per heavy atom. The Hall–Kier alpha value is -1.43. The predicted octanol–water partition coefficient (Wildman–Crippen LogP) is 2.72. The number of nitrogens with one attached hydrogen (secondary N) is 1. The van der Waals surface area contributed by atoms with E-state index in [1.807, 2.05) is 0 Å². The molecule has 30 heavy (non-hydrogen) atoms. The lowest BCUT2D eigenvalue weighted by Crippen LogP contribution is -2.56. The normalized spacial score (nSPS) is 26.4. The summed E-state index contributed by atoms with van der Waals surface area (Å²) < 4.78 is 0. The Labute approximate surface area is 182 Å². The van der Waals surface area contributed by atoms with E-state index in [2.05, 4.69) is 57.4 Å². The maximum atomic E-state index is 12.8. The van der Waals surface area contributed by atoms with Crippen molar-refractivity contribution in [2.24, 2.45) is 0 Å². The molecule has 0 aromatic heterocycles. The van der Waals surface area contributed by atoms with Gasteiger partial charge in [-0.2, -0.15) is 0 Å². The number of carbonyl (C=O) groups is 1. The summed E-state index contributed by atoms with van der Waals surface area (Å²) in [4.78, 5) is 20.2. The van der Waals surface area contributed by atoms with E-state index in [0.29, 0.717) is 12.6 Å². The molecule has 2 saturated heterocycles. The fourth-order valence-corrected chi connectivity index (χ4v) is 5.84. The van der Waals surface area contributed by atoms with Gasteiger partial charge in [0.05, 0.1) is 6.54 Å². The summed E-state index contributed by atoms with van der Waals surface area (Å²) in [5.41, 5.74) is 1.53. The lowest BCUT2D eigenvalue weighted by Gasteiger charge is -2.42. The molecule has 0 spiro atoms. The van der Waals surface area contributed by atoms with Crippen molar-refractivity contribution in [2.75, 3.05) is 59.4 Å². The number of carbonyl (C=O) groups excluding carboxylic acids is 1. The molecule has 1 aromatic carbocycles. The molecule has 3 aliphatic rings. The maximum Gasteiger partial charge on any atom is 0.234 e. The molecule has 0 bridgehead atoms. The lowest BCUT2D eigenvalue weighted by molar-refractivity contribution is -0.123. The minimum absolute atomic E-state index is 0.126. The largest absolute Gasteiger partial charge is 0.354 e. The van der Waals surface area contributed by atoms with Crippen LogP contribution >= 0.6 is 0 Å². The van der Waals surface area contributed by atoms with Crippen LogP contribution in [0, 0.1) is 0 Å². The highest BCUT2D eigenvalue weighted by molar-refractivity contribution is 5.78. The van der Waals surface area contributed by atoms with Crippen molar-refractivity contribution in [1.29, 1.82) is 0 Å². The number of benzene rings is 1. The van der Waals surface area contributed by atoms with Gasteiger partial charge < -0.3 is 10.2 Å². The second-order valence-corrected chi connectivity index (χ2v) is 9.85. The number of hydrogen-bond acceptors (Lipinski definition) is 4. The number of nitrogens with zero attached hydrogens (tertiary/aromatic N) is 3. The first kappa shape index (κ1) is 21.8. The van der Waals surface area contributed by atoms with E-state index in [1.54, 1.807) is 0 Å². The molecule has 3 fully saturated rings. The summed E-state index contributed by atoms with van der Waals surface area (Å²) in [5, 5.41) is 3.32. The fourth-order valence-electron chi connectivity index (χ4n) is 5.84. The number of amides is 1. The van der Waals surface area contributed by atoms with Crippen LogP contribution in [-0.4, -0.2) is 86.1 Å². The van der Waals surface area contributed by atoms with Crippen molar-refractivity contribution in [3.05, 3.63) is 35.9 Å². The van der Waals surface area contributed by atoms with E-state index in [9.17, 15) is 4.79 Å². The standard InChI is InChI=1S/C25H40N4O/c1-27-14-8-11-23(19-27)29-17-15-28(16-18-29)20-24(30)26-21-25(12-6-3-7-13-25)22-9-4-2-5-10-22/h2,4-5,9-10,23H,3,6-8,11-21H2,1H3,(H,26,30). The summed E-state index contributed by atoms with van der Waals surface area (Å²) in [7, 11) is 2.24. The molecule has 1 saturated carbocycles. The first-order valence-corrected chi connectivity index (χ1v) is 12.1. The molecule has 0 radical (unpaired) electrons. The smallest absolute Gasteiger partial charge is 0.234 e. The quantitative estimate of drug-likeness (QED) is 0.780. The van der Waals surface area contributed by atoms with Gasteiger partial charge >= 0.3 is 0 Å². The molecule has 5 nitrogen and oxygen atoms in total. The van der Waals surface area contributed by atoms with Crippen LogP contribution in [0.5, 0.6) is 0 Å². The molecule has 1 amide bonds. The second-order valence-electron chi connectivity index (χ2n) is 9.85. The summed E-state index contributed by atoms with van der Waals surface area (Å²) in [6, 6.07) is 11.6. The van der Waals surface area contributed by atoms with Crippen molar-refractivity contribution >= 4 is 5.91 Å². The third-order valence-electron chi connectivity index (χ3n) is 7.71. The first-order valence-electron chi connectivity index (χ1n) is 12.1. The summed E-state index contributed by atoms with van der Waals surface area (Å²) >= 11 is 0. The van der Waals surface area contributed by atoms with E-state index >= 15 is 0 Å². The highest BCUT2D eigenvalue weighted by Gasteiger charge is 2.34. The molecule has 1 aromatic rings. The van der Waals surface area contributed by atoms with Gasteiger partial charge in [-0.3, -0.25) is 14.6 Å². The molecular weight excluding hydrogens is 372 g/mol. The number of hydrogen-bond donors (Lipinski definition) is 1. The van der Waals surface area contributed by atoms with E-state index in [4.69, 9.17) is 0 Å². The first-order chi connectivity index (χ1) is 14.6. The van der Waals surface area contributed by atoms with E-state index in [-0.39, 0.29) is 11.3 Å². The lowest BCUT2D eigenvalue weighted by atomic mass is 9.69. The molecule has 2 heterocycles. The third kappa shape index (κ3) is 5.43. The van der Waals surface area contributed by atoms with Crippen LogP contribution in [-0.2, 0) is 10.2 Å². The zero-order valence-corrected chi connectivity index (χ0v) is 18.8. The van der Waals surface area contributed by atoms with E-state index in [0.717, 1.165) is 32.7 Å². The van der Waals surface area contributed by atoms with Crippen molar-refractivity contribution in [3.8, 4) is 0 Å². The predicted molar refractivity (Wildman–Crippen MR) is 123 cm³/mol. The molecule has 1 aliphatic carbocycles. The van der Waals surface area contributed by atoms with Gasteiger partial charge in [-0.15, -0.1) is 0 Å².